The number of nitrogens with zero attached hydrogens (tertiary/aromatic N) is 1. The third-order valence-corrected chi connectivity index (χ3v) is 4.32. The van der Waals surface area contributed by atoms with Crippen molar-refractivity contribution < 1.29 is 9.59 Å². The molecule has 0 unspecified atom stereocenters. The van der Waals surface area contributed by atoms with Gasteiger partial charge in [0.2, 0.25) is 5.91 Å². The van der Waals surface area contributed by atoms with Crippen LogP contribution in [0.5, 0.6) is 0 Å². The van der Waals surface area contributed by atoms with Crippen molar-refractivity contribution in [2.24, 2.45) is 0 Å². The highest BCUT2D eigenvalue weighted by atomic mass is 32.2. The van der Waals surface area contributed by atoms with Crippen molar-refractivity contribution in [1.82, 2.24) is 15.3 Å². The average molecular weight is 374 g/mol. The van der Waals surface area contributed by atoms with Crippen LogP contribution in [0.25, 0.3) is 0 Å². The molecule has 0 saturated carbocycles. The Bertz CT molecular complexity index is 864. The SMILES string of the molecule is CCNC(=O)c1cccc(NC(=O)CCc2c(C)nc(SC)[nH]c2=O)c1. The van der Waals surface area contributed by atoms with E-state index >= 15 is 0 Å². The number of H-pyrrole nitrogens is 1. The van der Waals surface area contributed by atoms with Crippen LogP contribution in [0.4, 0.5) is 5.69 Å². The standard InChI is InChI=1S/C18H22N4O3S/c1-4-19-16(24)12-6-5-7-13(10-12)21-15(23)9-8-14-11(2)20-18(26-3)22-17(14)25/h5-7,10H,4,8-9H2,1-3H3,(H,19,24)(H,21,23)(H,20,22,25). The number of aryl methyl sites for hydroxylation is 1. The summed E-state index contributed by atoms with van der Waals surface area (Å²) in [6.45, 7) is 4.14. The molecular weight excluding hydrogens is 352 g/mol. The summed E-state index contributed by atoms with van der Waals surface area (Å²) in [6, 6.07) is 6.73. The second-order valence-corrected chi connectivity index (χ2v) is 6.42. The summed E-state index contributed by atoms with van der Waals surface area (Å²) in [5, 5.41) is 6.03. The largest absolute Gasteiger partial charge is 0.352 e. The predicted octanol–water partition coefficient (Wildman–Crippen LogP) is 2.12. The Morgan fingerprint density at radius 3 is 2.73 bits per heavy atom. The van der Waals surface area contributed by atoms with Crippen LogP contribution in [0.1, 0.15) is 35.0 Å². The summed E-state index contributed by atoms with van der Waals surface area (Å²) in [5.41, 5.74) is 1.94. The van der Waals surface area contributed by atoms with Gasteiger partial charge in [-0.2, -0.15) is 0 Å². The van der Waals surface area contributed by atoms with Gasteiger partial charge in [0, 0.05) is 35.5 Å². The number of rotatable bonds is 7. The molecule has 0 saturated heterocycles. The molecule has 0 bridgehead atoms. The molecule has 1 aromatic heterocycles. The van der Waals surface area contributed by atoms with Crippen molar-refractivity contribution in [2.75, 3.05) is 18.1 Å². The zero-order chi connectivity index (χ0) is 19.1. The minimum atomic E-state index is -0.231. The normalized spacial score (nSPS) is 10.4. The molecule has 7 nitrogen and oxygen atoms in total. The molecule has 0 fully saturated rings. The van der Waals surface area contributed by atoms with Crippen LogP contribution in [0, 0.1) is 6.92 Å². The van der Waals surface area contributed by atoms with E-state index in [0.29, 0.717) is 40.6 Å². The fourth-order valence-corrected chi connectivity index (χ4v) is 2.86. The molecule has 8 heteroatoms. The number of carbonyl (C=O) groups excluding carboxylic acids is 2. The van der Waals surface area contributed by atoms with E-state index < -0.39 is 0 Å². The van der Waals surface area contributed by atoms with Crippen LogP contribution in [0.3, 0.4) is 0 Å². The van der Waals surface area contributed by atoms with Crippen LogP contribution in [0.2, 0.25) is 0 Å². The number of thioether (sulfide) groups is 1. The minimum Gasteiger partial charge on any atom is -0.352 e. The summed E-state index contributed by atoms with van der Waals surface area (Å²) >= 11 is 1.36. The van der Waals surface area contributed by atoms with Gasteiger partial charge in [0.25, 0.3) is 11.5 Å². The Morgan fingerprint density at radius 1 is 1.31 bits per heavy atom. The van der Waals surface area contributed by atoms with Gasteiger partial charge in [-0.3, -0.25) is 14.4 Å². The molecule has 2 rings (SSSR count). The lowest BCUT2D eigenvalue weighted by molar-refractivity contribution is -0.116. The number of nitrogens with one attached hydrogen (secondary N) is 3. The van der Waals surface area contributed by atoms with Crippen LogP contribution in [-0.4, -0.2) is 34.6 Å². The zero-order valence-electron chi connectivity index (χ0n) is 15.0. The Balaban J connectivity index is 2.01. The van der Waals surface area contributed by atoms with E-state index in [1.807, 2.05) is 13.2 Å². The number of benzene rings is 1. The third-order valence-electron chi connectivity index (χ3n) is 3.74. The number of amides is 2. The van der Waals surface area contributed by atoms with Crippen LogP contribution >= 0.6 is 11.8 Å². The smallest absolute Gasteiger partial charge is 0.254 e. The van der Waals surface area contributed by atoms with E-state index in [4.69, 9.17) is 0 Å². The highest BCUT2D eigenvalue weighted by Crippen LogP contribution is 2.13. The molecule has 1 heterocycles. The highest BCUT2D eigenvalue weighted by Gasteiger charge is 2.11. The van der Waals surface area contributed by atoms with E-state index in [1.165, 1.54) is 11.8 Å². The molecule has 2 amide bonds. The monoisotopic (exact) mass is 374 g/mol. The fraction of sp³-hybridized carbons (Fsp3) is 0.333. The number of aromatic nitrogens is 2. The Hall–Kier alpha value is -2.61. The lowest BCUT2D eigenvalue weighted by Crippen LogP contribution is -2.23. The van der Waals surface area contributed by atoms with Crippen LogP contribution in [0.15, 0.2) is 34.2 Å². The number of aromatic amines is 1. The summed E-state index contributed by atoms with van der Waals surface area (Å²) in [4.78, 5) is 43.1. The lowest BCUT2D eigenvalue weighted by atomic mass is 10.1. The van der Waals surface area contributed by atoms with Gasteiger partial charge < -0.3 is 15.6 Å². The van der Waals surface area contributed by atoms with Gasteiger partial charge >= 0.3 is 0 Å². The molecule has 1 aromatic carbocycles. The lowest BCUT2D eigenvalue weighted by Gasteiger charge is -2.08. The molecule has 26 heavy (non-hydrogen) atoms. The van der Waals surface area contributed by atoms with Crippen molar-refractivity contribution in [2.45, 2.75) is 31.8 Å². The van der Waals surface area contributed by atoms with Crippen LogP contribution in [-0.2, 0) is 11.2 Å². The van der Waals surface area contributed by atoms with Crippen molar-refractivity contribution in [3.8, 4) is 0 Å². The maximum atomic E-state index is 12.2. The first kappa shape index (κ1) is 19.7. The summed E-state index contributed by atoms with van der Waals surface area (Å²) in [6.07, 6.45) is 2.28. The van der Waals surface area contributed by atoms with E-state index in [2.05, 4.69) is 20.6 Å². The zero-order valence-corrected chi connectivity index (χ0v) is 15.8. The molecule has 0 spiro atoms. The summed E-state index contributed by atoms with van der Waals surface area (Å²) in [5.74, 6) is -0.420. The fourth-order valence-electron chi connectivity index (χ4n) is 2.44. The van der Waals surface area contributed by atoms with E-state index in [-0.39, 0.29) is 23.8 Å². The molecule has 0 aliphatic carbocycles. The van der Waals surface area contributed by atoms with Gasteiger partial charge in [-0.25, -0.2) is 4.98 Å². The van der Waals surface area contributed by atoms with Gasteiger partial charge in [-0.05, 0) is 44.7 Å². The predicted molar refractivity (Wildman–Crippen MR) is 103 cm³/mol. The average Bonchev–Trinajstić information content (AvgIpc) is 2.61. The Labute approximate surface area is 156 Å². The van der Waals surface area contributed by atoms with Gasteiger partial charge in [-0.1, -0.05) is 17.8 Å². The Kier molecular flexibility index (Phi) is 6.97. The molecule has 0 aliphatic heterocycles. The second kappa shape index (κ2) is 9.19. The first-order valence-electron chi connectivity index (χ1n) is 8.26. The van der Waals surface area contributed by atoms with Gasteiger partial charge in [0.15, 0.2) is 5.16 Å². The van der Waals surface area contributed by atoms with Gasteiger partial charge in [0.05, 0.1) is 0 Å². The first-order valence-corrected chi connectivity index (χ1v) is 9.49. The summed E-state index contributed by atoms with van der Waals surface area (Å²) in [7, 11) is 0. The second-order valence-electron chi connectivity index (χ2n) is 5.63. The highest BCUT2D eigenvalue weighted by molar-refractivity contribution is 7.98. The third kappa shape index (κ3) is 5.19. The molecule has 3 N–H and O–H groups in total. The number of hydrogen-bond acceptors (Lipinski definition) is 5. The maximum absolute atomic E-state index is 12.2. The molecular formula is C18H22N4O3S. The molecule has 2 aromatic rings. The van der Waals surface area contributed by atoms with E-state index in [0.717, 1.165) is 0 Å². The molecule has 0 atom stereocenters. The van der Waals surface area contributed by atoms with E-state index in [9.17, 15) is 14.4 Å². The van der Waals surface area contributed by atoms with Crippen molar-refractivity contribution >= 4 is 29.3 Å². The van der Waals surface area contributed by atoms with Crippen molar-refractivity contribution in [1.29, 1.82) is 0 Å². The van der Waals surface area contributed by atoms with E-state index in [1.54, 1.807) is 31.2 Å². The number of carbonyl (C=O) groups is 2. The van der Waals surface area contributed by atoms with Crippen molar-refractivity contribution in [3.63, 3.8) is 0 Å². The molecule has 138 valence electrons. The molecule has 0 aliphatic rings. The van der Waals surface area contributed by atoms with Gasteiger partial charge in [-0.15, -0.1) is 0 Å². The number of hydrogen-bond donors (Lipinski definition) is 3. The minimum absolute atomic E-state index is 0.148. The number of anilines is 1. The topological polar surface area (TPSA) is 104 Å². The van der Waals surface area contributed by atoms with Gasteiger partial charge in [0.1, 0.15) is 0 Å². The summed E-state index contributed by atoms with van der Waals surface area (Å²) < 4.78 is 0. The Morgan fingerprint density at radius 2 is 2.08 bits per heavy atom. The first-order chi connectivity index (χ1) is 12.4. The molecule has 0 radical (unpaired) electrons. The quantitative estimate of drug-likeness (QED) is 0.509. The maximum Gasteiger partial charge on any atom is 0.254 e. The van der Waals surface area contributed by atoms with Crippen LogP contribution < -0.4 is 16.2 Å². The van der Waals surface area contributed by atoms with Crippen molar-refractivity contribution in [3.05, 3.63) is 51.4 Å².